The van der Waals surface area contributed by atoms with Gasteiger partial charge in [0.25, 0.3) is 5.56 Å². The summed E-state index contributed by atoms with van der Waals surface area (Å²) in [5.74, 6) is -0.497. The van der Waals surface area contributed by atoms with Gasteiger partial charge in [-0.05, 0) is 31.0 Å². The van der Waals surface area contributed by atoms with E-state index in [2.05, 4.69) is 9.97 Å². The van der Waals surface area contributed by atoms with E-state index in [0.717, 1.165) is 23.6 Å². The summed E-state index contributed by atoms with van der Waals surface area (Å²) in [4.78, 5) is 30.8. The molecule has 0 aliphatic rings. The molecule has 6 nitrogen and oxygen atoms in total. The molecule has 2 heterocycles. The van der Waals surface area contributed by atoms with Gasteiger partial charge in [-0.15, -0.1) is 0 Å². The monoisotopic (exact) mass is 302 g/mol. The predicted octanol–water partition coefficient (Wildman–Crippen LogP) is 1.51. The van der Waals surface area contributed by atoms with Gasteiger partial charge in [-0.1, -0.05) is 0 Å². The molecule has 3 rings (SSSR count). The van der Waals surface area contributed by atoms with E-state index in [-0.39, 0.29) is 5.39 Å². The molecule has 22 heavy (non-hydrogen) atoms. The van der Waals surface area contributed by atoms with E-state index >= 15 is 0 Å². The topological polar surface area (TPSA) is 72.7 Å². The third kappa shape index (κ3) is 2.83. The number of hydrogen-bond acceptors (Lipinski definition) is 3. The Balaban J connectivity index is 1.78. The van der Waals surface area contributed by atoms with Crippen LogP contribution in [0.15, 0.2) is 46.5 Å². The molecule has 7 heteroatoms. The molecule has 0 aliphatic heterocycles. The van der Waals surface area contributed by atoms with Gasteiger partial charge < -0.3 is 9.55 Å². The first-order valence-corrected chi connectivity index (χ1v) is 7.03. The second-order valence-corrected chi connectivity index (χ2v) is 5.08. The molecule has 0 amide bonds. The van der Waals surface area contributed by atoms with Crippen LogP contribution in [0.4, 0.5) is 4.39 Å². The predicted molar refractivity (Wildman–Crippen MR) is 80.2 cm³/mol. The van der Waals surface area contributed by atoms with Crippen molar-refractivity contribution >= 4 is 10.9 Å². The van der Waals surface area contributed by atoms with Gasteiger partial charge in [-0.25, -0.2) is 14.2 Å². The lowest BCUT2D eigenvalue weighted by atomic mass is 10.2. The molecule has 0 bridgehead atoms. The van der Waals surface area contributed by atoms with Crippen LogP contribution in [0.2, 0.25) is 0 Å². The highest BCUT2D eigenvalue weighted by molar-refractivity contribution is 5.77. The first-order chi connectivity index (χ1) is 10.6. The van der Waals surface area contributed by atoms with Gasteiger partial charge in [0.1, 0.15) is 5.82 Å². The normalized spacial score (nSPS) is 11.1. The quantitative estimate of drug-likeness (QED) is 0.726. The number of aryl methyl sites for hydroxylation is 1. The minimum Gasteiger partial charge on any atom is -0.337 e. The summed E-state index contributed by atoms with van der Waals surface area (Å²) in [6.45, 7) is 1.07. The van der Waals surface area contributed by atoms with Crippen molar-refractivity contribution in [1.82, 2.24) is 19.1 Å². The third-order valence-electron chi connectivity index (χ3n) is 3.55. The summed E-state index contributed by atoms with van der Waals surface area (Å²) >= 11 is 0. The van der Waals surface area contributed by atoms with E-state index in [1.165, 1.54) is 12.1 Å². The van der Waals surface area contributed by atoms with Gasteiger partial charge in [0.2, 0.25) is 0 Å². The fraction of sp³-hybridized carbons (Fsp3) is 0.267. The summed E-state index contributed by atoms with van der Waals surface area (Å²) in [5, 5.41) is 0.189. The number of H-pyrrole nitrogens is 1. The standard InChI is InChI=1S/C15H15FN4O2/c16-11-3-4-13-12(9-11)14(21)20(15(22)18-13)7-2-1-6-19-8-5-17-10-19/h3-5,8-10H,1-2,6-7H2,(H,18,22). The maximum atomic E-state index is 13.3. The number of rotatable bonds is 5. The molecule has 1 N–H and O–H groups in total. The second-order valence-electron chi connectivity index (χ2n) is 5.08. The minimum absolute atomic E-state index is 0.189. The zero-order chi connectivity index (χ0) is 15.5. The lowest BCUT2D eigenvalue weighted by molar-refractivity contribution is 0.532. The van der Waals surface area contributed by atoms with Crippen LogP contribution in [0.1, 0.15) is 12.8 Å². The van der Waals surface area contributed by atoms with E-state index in [1.54, 1.807) is 12.5 Å². The Morgan fingerprint density at radius 2 is 2.00 bits per heavy atom. The van der Waals surface area contributed by atoms with Gasteiger partial charge in [0, 0.05) is 25.5 Å². The molecule has 114 valence electrons. The largest absolute Gasteiger partial charge is 0.337 e. The van der Waals surface area contributed by atoms with E-state index in [4.69, 9.17) is 0 Å². The highest BCUT2D eigenvalue weighted by atomic mass is 19.1. The van der Waals surface area contributed by atoms with Crippen molar-refractivity contribution in [2.24, 2.45) is 0 Å². The Hall–Kier alpha value is -2.70. The average Bonchev–Trinajstić information content (AvgIpc) is 3.00. The number of aromatic nitrogens is 4. The van der Waals surface area contributed by atoms with E-state index < -0.39 is 17.1 Å². The lowest BCUT2D eigenvalue weighted by Crippen LogP contribution is -2.35. The van der Waals surface area contributed by atoms with Crippen molar-refractivity contribution < 1.29 is 4.39 Å². The van der Waals surface area contributed by atoms with Gasteiger partial charge in [-0.2, -0.15) is 0 Å². The summed E-state index contributed by atoms with van der Waals surface area (Å²) in [6.07, 6.45) is 6.76. The van der Waals surface area contributed by atoms with Gasteiger partial charge in [0.15, 0.2) is 0 Å². The first kappa shape index (κ1) is 14.2. The Morgan fingerprint density at radius 1 is 1.18 bits per heavy atom. The smallest absolute Gasteiger partial charge is 0.328 e. The molecule has 0 aliphatic carbocycles. The van der Waals surface area contributed by atoms with Crippen molar-refractivity contribution in [3.05, 3.63) is 63.6 Å². The molecule has 0 unspecified atom stereocenters. The van der Waals surface area contributed by atoms with Crippen LogP contribution in [0.5, 0.6) is 0 Å². The fourth-order valence-electron chi connectivity index (χ4n) is 2.41. The average molecular weight is 302 g/mol. The number of unbranched alkanes of at least 4 members (excludes halogenated alkanes) is 1. The number of hydrogen-bond donors (Lipinski definition) is 1. The zero-order valence-electron chi connectivity index (χ0n) is 11.8. The van der Waals surface area contributed by atoms with Crippen LogP contribution >= 0.6 is 0 Å². The maximum Gasteiger partial charge on any atom is 0.328 e. The molecule has 2 aromatic heterocycles. The number of nitrogens with zero attached hydrogens (tertiary/aromatic N) is 3. The third-order valence-corrected chi connectivity index (χ3v) is 3.55. The molecular weight excluding hydrogens is 287 g/mol. The van der Waals surface area contributed by atoms with Crippen LogP contribution in [0.25, 0.3) is 10.9 Å². The Morgan fingerprint density at radius 3 is 2.77 bits per heavy atom. The Labute approximate surface area is 124 Å². The van der Waals surface area contributed by atoms with Crippen LogP contribution in [0.3, 0.4) is 0 Å². The second kappa shape index (κ2) is 5.97. The van der Waals surface area contributed by atoms with Crippen molar-refractivity contribution in [1.29, 1.82) is 0 Å². The van der Waals surface area contributed by atoms with Gasteiger partial charge in [-0.3, -0.25) is 9.36 Å². The minimum atomic E-state index is -0.497. The number of nitrogens with one attached hydrogen (secondary N) is 1. The van der Waals surface area contributed by atoms with Crippen LogP contribution in [-0.2, 0) is 13.1 Å². The van der Waals surface area contributed by atoms with E-state index in [1.807, 2.05) is 10.8 Å². The molecule has 0 fully saturated rings. The molecule has 0 atom stereocenters. The summed E-state index contributed by atoms with van der Waals surface area (Å²) in [6, 6.07) is 3.76. The number of imidazole rings is 1. The van der Waals surface area contributed by atoms with Crippen molar-refractivity contribution in [2.45, 2.75) is 25.9 Å². The van der Waals surface area contributed by atoms with Crippen LogP contribution < -0.4 is 11.2 Å². The molecule has 0 radical (unpaired) electrons. The first-order valence-electron chi connectivity index (χ1n) is 7.03. The maximum absolute atomic E-state index is 13.3. The SMILES string of the molecule is O=c1[nH]c2ccc(F)cc2c(=O)n1CCCCn1ccnc1. The highest BCUT2D eigenvalue weighted by Crippen LogP contribution is 2.07. The molecule has 1 aromatic carbocycles. The van der Waals surface area contributed by atoms with Crippen molar-refractivity contribution in [2.75, 3.05) is 0 Å². The van der Waals surface area contributed by atoms with Gasteiger partial charge in [0.05, 0.1) is 17.2 Å². The molecule has 0 saturated heterocycles. The number of aromatic amines is 1. The lowest BCUT2D eigenvalue weighted by Gasteiger charge is -2.07. The summed E-state index contributed by atoms with van der Waals surface area (Å²) in [5.41, 5.74) is -0.571. The molecular formula is C15H15FN4O2. The number of fused-ring (bicyclic) bond motifs is 1. The zero-order valence-corrected chi connectivity index (χ0v) is 11.8. The molecule has 0 saturated carbocycles. The summed E-state index contributed by atoms with van der Waals surface area (Å²) < 4.78 is 16.3. The fourth-order valence-corrected chi connectivity index (χ4v) is 2.41. The van der Waals surface area contributed by atoms with E-state index in [0.29, 0.717) is 18.5 Å². The van der Waals surface area contributed by atoms with Gasteiger partial charge >= 0.3 is 5.69 Å². The number of halogens is 1. The highest BCUT2D eigenvalue weighted by Gasteiger charge is 2.08. The Kier molecular flexibility index (Phi) is 3.86. The van der Waals surface area contributed by atoms with Crippen LogP contribution in [0, 0.1) is 5.82 Å². The molecule has 3 aromatic rings. The van der Waals surface area contributed by atoms with E-state index in [9.17, 15) is 14.0 Å². The molecule has 0 spiro atoms. The Bertz CT molecular complexity index is 896. The number of benzene rings is 1. The van der Waals surface area contributed by atoms with Crippen LogP contribution in [-0.4, -0.2) is 19.1 Å². The van der Waals surface area contributed by atoms with Crippen molar-refractivity contribution in [3.8, 4) is 0 Å². The summed E-state index contributed by atoms with van der Waals surface area (Å²) in [7, 11) is 0. The van der Waals surface area contributed by atoms with Crippen molar-refractivity contribution in [3.63, 3.8) is 0 Å².